The molecule has 0 amide bonds. The van der Waals surface area contributed by atoms with E-state index in [1.54, 1.807) is 30.5 Å². The zero-order chi connectivity index (χ0) is 27.0. The molecule has 1 fully saturated rings. The number of pyridine rings is 1. The van der Waals surface area contributed by atoms with Crippen LogP contribution in [-0.2, 0) is 10.0 Å². The highest BCUT2D eigenvalue weighted by Crippen LogP contribution is 2.43. The van der Waals surface area contributed by atoms with E-state index in [-0.39, 0.29) is 11.7 Å². The van der Waals surface area contributed by atoms with Gasteiger partial charge in [-0.05, 0) is 79.3 Å². The number of nitro benzene ring substituents is 1. The van der Waals surface area contributed by atoms with Gasteiger partial charge in [0.05, 0.1) is 28.6 Å². The van der Waals surface area contributed by atoms with Crippen molar-refractivity contribution in [1.82, 2.24) is 10.3 Å². The Balaban J connectivity index is 1.56. The van der Waals surface area contributed by atoms with Crippen molar-refractivity contribution in [2.75, 3.05) is 15.9 Å². The fourth-order valence-corrected chi connectivity index (χ4v) is 5.42. The fourth-order valence-electron chi connectivity index (χ4n) is 4.45. The molecule has 1 saturated heterocycles. The fraction of sp³-hybridized carbons (Fsp3) is 0.154. The highest BCUT2D eigenvalue weighted by Gasteiger charge is 2.42. The number of benzene rings is 2. The number of anilines is 2. The maximum absolute atomic E-state index is 11.7. The number of thiocarbonyl (C=S) groups is 1. The van der Waals surface area contributed by atoms with Gasteiger partial charge in [-0.2, -0.15) is 0 Å². The average molecular weight is 550 g/mol. The monoisotopic (exact) mass is 549 g/mol. The van der Waals surface area contributed by atoms with Crippen LogP contribution >= 0.6 is 12.2 Å². The molecular weight excluding hydrogens is 526 g/mol. The van der Waals surface area contributed by atoms with Gasteiger partial charge < -0.3 is 14.6 Å². The lowest BCUT2D eigenvalue weighted by Gasteiger charge is -2.26. The molecule has 2 N–H and O–H groups in total. The van der Waals surface area contributed by atoms with Crippen LogP contribution in [0.15, 0.2) is 83.4 Å². The molecule has 2 aromatic heterocycles. The summed E-state index contributed by atoms with van der Waals surface area (Å²) < 4.78 is 32.3. The molecular formula is C26H23N5O5S2. The predicted octanol–water partition coefficient (Wildman–Crippen LogP) is 5.11. The van der Waals surface area contributed by atoms with Crippen molar-refractivity contribution in [3.05, 3.63) is 106 Å². The molecule has 0 saturated carbocycles. The summed E-state index contributed by atoms with van der Waals surface area (Å²) in [5, 5.41) is 14.8. The summed E-state index contributed by atoms with van der Waals surface area (Å²) in [5.41, 5.74) is 3.41. The highest BCUT2D eigenvalue weighted by molar-refractivity contribution is 7.92. The van der Waals surface area contributed by atoms with Crippen LogP contribution in [0.5, 0.6) is 0 Å². The zero-order valence-electron chi connectivity index (χ0n) is 20.4. The van der Waals surface area contributed by atoms with E-state index in [1.165, 1.54) is 12.1 Å². The number of nitrogens with zero attached hydrogens (tertiary/aromatic N) is 3. The van der Waals surface area contributed by atoms with Gasteiger partial charge in [-0.3, -0.25) is 19.8 Å². The lowest BCUT2D eigenvalue weighted by molar-refractivity contribution is -0.384. The molecule has 1 aliphatic rings. The van der Waals surface area contributed by atoms with Crippen molar-refractivity contribution < 1.29 is 17.8 Å². The van der Waals surface area contributed by atoms with E-state index in [4.69, 9.17) is 16.6 Å². The van der Waals surface area contributed by atoms with Crippen LogP contribution in [0.2, 0.25) is 0 Å². The number of rotatable bonds is 7. The summed E-state index contributed by atoms with van der Waals surface area (Å²) in [6.07, 6.45) is 2.81. The smallest absolute Gasteiger partial charge is 0.269 e. The topological polar surface area (TPSA) is 131 Å². The van der Waals surface area contributed by atoms with Gasteiger partial charge in [0, 0.05) is 29.6 Å². The maximum atomic E-state index is 11.7. The van der Waals surface area contributed by atoms with Crippen molar-refractivity contribution in [1.29, 1.82) is 0 Å². The first-order valence-corrected chi connectivity index (χ1v) is 13.8. The van der Waals surface area contributed by atoms with Crippen molar-refractivity contribution in [2.24, 2.45) is 0 Å². The van der Waals surface area contributed by atoms with Gasteiger partial charge in [0.15, 0.2) is 5.11 Å². The summed E-state index contributed by atoms with van der Waals surface area (Å²) in [7, 11) is -3.43. The van der Waals surface area contributed by atoms with Crippen LogP contribution in [0.4, 0.5) is 17.1 Å². The third-order valence-corrected chi connectivity index (χ3v) is 7.07. The molecule has 38 heavy (non-hydrogen) atoms. The van der Waals surface area contributed by atoms with E-state index in [1.807, 2.05) is 48.2 Å². The normalized spacial score (nSPS) is 17.3. The maximum Gasteiger partial charge on any atom is 0.269 e. The summed E-state index contributed by atoms with van der Waals surface area (Å²) in [4.78, 5) is 17.0. The molecule has 194 valence electrons. The first-order valence-electron chi connectivity index (χ1n) is 11.5. The zero-order valence-corrected chi connectivity index (χ0v) is 22.0. The molecule has 2 aromatic carbocycles. The number of nitrogens with one attached hydrogen (secondary N) is 2. The molecule has 10 nitrogen and oxygen atoms in total. The second kappa shape index (κ2) is 9.88. The molecule has 0 aliphatic carbocycles. The standard InChI is InChI=1S/C26H23N5O5S2/c1-16-15-19(10-11-20(16)29-38(2,34)35)30-25(24(28-26(30)37)21-5-3-4-14-27-21)23-13-12-22(36-23)17-6-8-18(9-7-17)31(32)33/h3-15,24-25,29H,1-2H3,(H,28,37)/t24-,25-/m0/s1. The Morgan fingerprint density at radius 1 is 1.11 bits per heavy atom. The second-order valence-corrected chi connectivity index (χ2v) is 11.0. The first-order chi connectivity index (χ1) is 18.1. The molecule has 4 aromatic rings. The van der Waals surface area contributed by atoms with Crippen molar-refractivity contribution in [2.45, 2.75) is 19.0 Å². The van der Waals surface area contributed by atoms with Crippen LogP contribution in [0.25, 0.3) is 11.3 Å². The number of furan rings is 1. The Morgan fingerprint density at radius 2 is 1.87 bits per heavy atom. The molecule has 0 spiro atoms. The minimum absolute atomic E-state index is 0.00329. The molecule has 0 unspecified atom stereocenters. The summed E-state index contributed by atoms with van der Waals surface area (Å²) in [6.45, 7) is 1.81. The van der Waals surface area contributed by atoms with E-state index in [2.05, 4.69) is 15.0 Å². The summed E-state index contributed by atoms with van der Waals surface area (Å²) in [6, 6.07) is 20.0. The van der Waals surface area contributed by atoms with E-state index in [9.17, 15) is 18.5 Å². The Bertz CT molecular complexity index is 1620. The van der Waals surface area contributed by atoms with Crippen LogP contribution in [0.3, 0.4) is 0 Å². The van der Waals surface area contributed by atoms with E-state index < -0.39 is 21.0 Å². The molecule has 0 bridgehead atoms. The van der Waals surface area contributed by atoms with E-state index in [0.29, 0.717) is 27.9 Å². The number of hydrogen-bond donors (Lipinski definition) is 2. The highest BCUT2D eigenvalue weighted by atomic mass is 32.2. The number of non-ortho nitro benzene ring substituents is 1. The number of hydrogen-bond acceptors (Lipinski definition) is 7. The minimum atomic E-state index is -3.43. The molecule has 12 heteroatoms. The lowest BCUT2D eigenvalue weighted by atomic mass is 10.0. The third kappa shape index (κ3) is 5.08. The Kier molecular flexibility index (Phi) is 6.59. The van der Waals surface area contributed by atoms with Crippen molar-refractivity contribution >= 4 is 44.4 Å². The van der Waals surface area contributed by atoms with Crippen molar-refractivity contribution in [3.63, 3.8) is 0 Å². The third-order valence-electron chi connectivity index (χ3n) is 6.16. The summed E-state index contributed by atoms with van der Waals surface area (Å²) in [5.74, 6) is 1.16. The number of sulfonamides is 1. The van der Waals surface area contributed by atoms with Crippen LogP contribution in [0.1, 0.15) is 29.1 Å². The number of aromatic nitrogens is 1. The predicted molar refractivity (Wildman–Crippen MR) is 148 cm³/mol. The van der Waals surface area contributed by atoms with Crippen LogP contribution in [0, 0.1) is 17.0 Å². The van der Waals surface area contributed by atoms with Gasteiger partial charge in [0.2, 0.25) is 10.0 Å². The lowest BCUT2D eigenvalue weighted by Crippen LogP contribution is -2.29. The average Bonchev–Trinajstić information content (AvgIpc) is 3.50. The van der Waals surface area contributed by atoms with Gasteiger partial charge in [-0.1, -0.05) is 6.07 Å². The van der Waals surface area contributed by atoms with E-state index in [0.717, 1.165) is 23.2 Å². The van der Waals surface area contributed by atoms with Gasteiger partial charge >= 0.3 is 0 Å². The SMILES string of the molecule is Cc1cc(N2C(=S)N[C@@H](c3ccccn3)[C@@H]2c2ccc(-c3ccc([N+](=O)[O-])cc3)o2)ccc1NS(C)(=O)=O. The van der Waals surface area contributed by atoms with E-state index >= 15 is 0 Å². The van der Waals surface area contributed by atoms with Gasteiger partial charge in [-0.25, -0.2) is 8.42 Å². The molecule has 0 radical (unpaired) electrons. The molecule has 3 heterocycles. The second-order valence-electron chi connectivity index (χ2n) is 8.88. The van der Waals surface area contributed by atoms with Crippen molar-refractivity contribution in [3.8, 4) is 11.3 Å². The van der Waals surface area contributed by atoms with Gasteiger partial charge in [0.1, 0.15) is 17.6 Å². The first kappa shape index (κ1) is 25.4. The number of nitro groups is 1. The van der Waals surface area contributed by atoms with Gasteiger partial charge in [-0.15, -0.1) is 0 Å². The number of aryl methyl sites for hydroxylation is 1. The van der Waals surface area contributed by atoms with Crippen LogP contribution in [-0.4, -0.2) is 29.7 Å². The summed E-state index contributed by atoms with van der Waals surface area (Å²) >= 11 is 5.75. The largest absolute Gasteiger partial charge is 0.459 e. The minimum Gasteiger partial charge on any atom is -0.459 e. The quantitative estimate of drug-likeness (QED) is 0.183. The molecule has 5 rings (SSSR count). The van der Waals surface area contributed by atoms with Crippen LogP contribution < -0.4 is 14.9 Å². The van der Waals surface area contributed by atoms with Gasteiger partial charge in [0.25, 0.3) is 5.69 Å². The molecule has 2 atom stereocenters. The Labute approximate surface area is 224 Å². The molecule has 1 aliphatic heterocycles. The Morgan fingerprint density at radius 3 is 2.50 bits per heavy atom. The Hall–Kier alpha value is -4.29.